The van der Waals surface area contributed by atoms with Crippen LogP contribution in [-0.4, -0.2) is 28.0 Å². The summed E-state index contributed by atoms with van der Waals surface area (Å²) in [6.45, 7) is 3.89. The highest BCUT2D eigenvalue weighted by atomic mass is 16.5. The third-order valence-electron chi connectivity index (χ3n) is 4.63. The van der Waals surface area contributed by atoms with E-state index in [1.54, 1.807) is 0 Å². The molecule has 0 amide bonds. The second kappa shape index (κ2) is 5.69. The number of allylic oxidation sites excluding steroid dienone is 4. The Kier molecular flexibility index (Phi) is 3.54. The standard InChI is InChI=1S/C18H21N3O/c1-13-2-4-14(5-3-13)18-16-12-19-9-6-17(16)21(20-18)15-7-10-22-11-8-15/h2,4-6,9,12-13,15H,3,7-8,10-11H2,1H3. The molecule has 4 rings (SSSR count). The number of aromatic nitrogens is 3. The molecule has 3 heterocycles. The molecule has 2 aliphatic rings. The Morgan fingerprint density at radius 2 is 2.14 bits per heavy atom. The molecule has 0 saturated carbocycles. The predicted octanol–water partition coefficient (Wildman–Crippen LogP) is 3.76. The Bertz CT molecular complexity index is 738. The van der Waals surface area contributed by atoms with Gasteiger partial charge in [-0.05, 0) is 36.8 Å². The second-order valence-electron chi connectivity index (χ2n) is 6.26. The van der Waals surface area contributed by atoms with Gasteiger partial charge in [0.1, 0.15) is 5.69 Å². The first-order valence-corrected chi connectivity index (χ1v) is 8.11. The van der Waals surface area contributed by atoms with E-state index in [0.717, 1.165) is 43.6 Å². The van der Waals surface area contributed by atoms with E-state index >= 15 is 0 Å². The number of hydrogen-bond acceptors (Lipinski definition) is 3. The fourth-order valence-electron chi connectivity index (χ4n) is 3.31. The van der Waals surface area contributed by atoms with Crippen LogP contribution in [0.2, 0.25) is 0 Å². The van der Waals surface area contributed by atoms with Crippen molar-refractivity contribution >= 4 is 16.5 Å². The van der Waals surface area contributed by atoms with Crippen LogP contribution >= 0.6 is 0 Å². The predicted molar refractivity (Wildman–Crippen MR) is 87.5 cm³/mol. The first-order chi connectivity index (χ1) is 10.8. The number of pyridine rings is 1. The molecular formula is C18H21N3O. The van der Waals surface area contributed by atoms with Crippen molar-refractivity contribution in [3.05, 3.63) is 42.4 Å². The summed E-state index contributed by atoms with van der Waals surface area (Å²) in [6, 6.07) is 2.51. The maximum absolute atomic E-state index is 5.49. The maximum Gasteiger partial charge on any atom is 0.101 e. The van der Waals surface area contributed by atoms with Crippen LogP contribution in [0.1, 0.15) is 37.9 Å². The lowest BCUT2D eigenvalue weighted by Gasteiger charge is -2.23. The van der Waals surface area contributed by atoms with Gasteiger partial charge in [0.2, 0.25) is 0 Å². The van der Waals surface area contributed by atoms with Crippen molar-refractivity contribution in [2.75, 3.05) is 13.2 Å². The molecule has 2 aromatic rings. The van der Waals surface area contributed by atoms with Gasteiger partial charge < -0.3 is 4.74 Å². The summed E-state index contributed by atoms with van der Waals surface area (Å²) in [5.41, 5.74) is 3.48. The number of ether oxygens (including phenoxy) is 1. The van der Waals surface area contributed by atoms with E-state index in [-0.39, 0.29) is 0 Å². The van der Waals surface area contributed by atoms with Gasteiger partial charge in [0.05, 0.1) is 11.6 Å². The fraction of sp³-hybridized carbons (Fsp3) is 0.444. The van der Waals surface area contributed by atoms with Gasteiger partial charge in [0.15, 0.2) is 0 Å². The fourth-order valence-corrected chi connectivity index (χ4v) is 3.31. The van der Waals surface area contributed by atoms with Crippen LogP contribution in [-0.2, 0) is 4.74 Å². The summed E-state index contributed by atoms with van der Waals surface area (Å²) in [7, 11) is 0. The number of hydrogen-bond donors (Lipinski definition) is 0. The summed E-state index contributed by atoms with van der Waals surface area (Å²) in [5.74, 6) is 0.616. The third-order valence-corrected chi connectivity index (χ3v) is 4.63. The highest BCUT2D eigenvalue weighted by Gasteiger charge is 2.22. The van der Waals surface area contributed by atoms with Crippen molar-refractivity contribution < 1.29 is 4.74 Å². The van der Waals surface area contributed by atoms with Gasteiger partial charge in [0, 0.05) is 31.0 Å². The van der Waals surface area contributed by atoms with Crippen molar-refractivity contribution in [2.45, 2.75) is 32.2 Å². The number of fused-ring (bicyclic) bond motifs is 1. The molecular weight excluding hydrogens is 274 g/mol. The Morgan fingerprint density at radius 1 is 1.27 bits per heavy atom. The summed E-state index contributed by atoms with van der Waals surface area (Å²) < 4.78 is 7.69. The van der Waals surface area contributed by atoms with E-state index in [4.69, 9.17) is 9.84 Å². The average molecular weight is 295 g/mol. The van der Waals surface area contributed by atoms with Crippen molar-refractivity contribution in [3.63, 3.8) is 0 Å². The lowest BCUT2D eigenvalue weighted by Crippen LogP contribution is -2.20. The minimum Gasteiger partial charge on any atom is -0.381 e. The molecule has 0 radical (unpaired) electrons. The smallest absolute Gasteiger partial charge is 0.101 e. The zero-order chi connectivity index (χ0) is 14.9. The molecule has 1 fully saturated rings. The van der Waals surface area contributed by atoms with E-state index < -0.39 is 0 Å². The molecule has 0 aromatic carbocycles. The van der Waals surface area contributed by atoms with E-state index in [1.807, 2.05) is 12.4 Å². The summed E-state index contributed by atoms with van der Waals surface area (Å²) in [6.07, 6.45) is 13.7. The molecule has 114 valence electrons. The zero-order valence-corrected chi connectivity index (χ0v) is 12.9. The van der Waals surface area contributed by atoms with Crippen molar-refractivity contribution in [1.29, 1.82) is 0 Å². The SMILES string of the molecule is CC1C=CC(c2nn(C3CCOCC3)c3ccncc23)=CC1. The highest BCUT2D eigenvalue weighted by Crippen LogP contribution is 2.32. The number of rotatable bonds is 2. The van der Waals surface area contributed by atoms with Crippen LogP contribution in [0.15, 0.2) is 36.7 Å². The molecule has 4 heteroatoms. The molecule has 0 N–H and O–H groups in total. The van der Waals surface area contributed by atoms with E-state index in [0.29, 0.717) is 12.0 Å². The molecule has 1 atom stereocenters. The maximum atomic E-state index is 5.49. The van der Waals surface area contributed by atoms with Crippen LogP contribution < -0.4 is 0 Å². The third kappa shape index (κ3) is 2.37. The molecule has 22 heavy (non-hydrogen) atoms. The van der Waals surface area contributed by atoms with Gasteiger partial charge >= 0.3 is 0 Å². The van der Waals surface area contributed by atoms with Crippen molar-refractivity contribution in [3.8, 4) is 0 Å². The van der Waals surface area contributed by atoms with Gasteiger partial charge in [-0.3, -0.25) is 9.67 Å². The Hall–Kier alpha value is -1.94. The summed E-state index contributed by atoms with van der Waals surface area (Å²) in [4.78, 5) is 4.31. The Balaban J connectivity index is 1.80. The molecule has 1 unspecified atom stereocenters. The molecule has 0 spiro atoms. The Morgan fingerprint density at radius 3 is 2.91 bits per heavy atom. The molecule has 1 saturated heterocycles. The second-order valence-corrected chi connectivity index (χ2v) is 6.26. The first-order valence-electron chi connectivity index (χ1n) is 8.11. The summed E-state index contributed by atoms with van der Waals surface area (Å²) >= 11 is 0. The minimum atomic E-state index is 0.430. The van der Waals surface area contributed by atoms with Crippen LogP contribution in [0.3, 0.4) is 0 Å². The van der Waals surface area contributed by atoms with Crippen LogP contribution in [0.4, 0.5) is 0 Å². The monoisotopic (exact) mass is 295 g/mol. The average Bonchev–Trinajstić information content (AvgIpc) is 2.96. The summed E-state index contributed by atoms with van der Waals surface area (Å²) in [5, 5.41) is 6.12. The van der Waals surface area contributed by atoms with Crippen molar-refractivity contribution in [1.82, 2.24) is 14.8 Å². The quantitative estimate of drug-likeness (QED) is 0.847. The topological polar surface area (TPSA) is 39.9 Å². The molecule has 1 aliphatic heterocycles. The first kappa shape index (κ1) is 13.7. The lowest BCUT2D eigenvalue weighted by molar-refractivity contribution is 0.0674. The minimum absolute atomic E-state index is 0.430. The largest absolute Gasteiger partial charge is 0.381 e. The van der Waals surface area contributed by atoms with Crippen LogP contribution in [0.25, 0.3) is 16.5 Å². The van der Waals surface area contributed by atoms with E-state index in [9.17, 15) is 0 Å². The highest BCUT2D eigenvalue weighted by molar-refractivity contribution is 5.93. The van der Waals surface area contributed by atoms with Gasteiger partial charge in [-0.1, -0.05) is 25.2 Å². The van der Waals surface area contributed by atoms with Gasteiger partial charge in [-0.2, -0.15) is 5.10 Å². The van der Waals surface area contributed by atoms with Crippen LogP contribution in [0.5, 0.6) is 0 Å². The van der Waals surface area contributed by atoms with E-state index in [1.165, 1.54) is 11.1 Å². The van der Waals surface area contributed by atoms with Crippen molar-refractivity contribution in [2.24, 2.45) is 5.92 Å². The van der Waals surface area contributed by atoms with Gasteiger partial charge in [0.25, 0.3) is 0 Å². The van der Waals surface area contributed by atoms with E-state index in [2.05, 4.69) is 40.9 Å². The molecule has 1 aliphatic carbocycles. The Labute approximate surface area is 130 Å². The zero-order valence-electron chi connectivity index (χ0n) is 12.9. The van der Waals surface area contributed by atoms with Crippen LogP contribution in [0, 0.1) is 5.92 Å². The van der Waals surface area contributed by atoms with Gasteiger partial charge in [-0.25, -0.2) is 0 Å². The lowest BCUT2D eigenvalue weighted by atomic mass is 9.96. The molecule has 2 aromatic heterocycles. The molecule has 0 bridgehead atoms. The molecule has 4 nitrogen and oxygen atoms in total. The normalized spacial score (nSPS) is 23.0. The number of nitrogens with zero attached hydrogens (tertiary/aromatic N) is 3. The van der Waals surface area contributed by atoms with Gasteiger partial charge in [-0.15, -0.1) is 0 Å².